The Morgan fingerprint density at radius 2 is 1.78 bits per heavy atom. The third-order valence-corrected chi connectivity index (χ3v) is 5.33. The molecule has 1 aliphatic rings. The molecule has 196 valence electrons. The molecule has 0 aliphatic carbocycles. The van der Waals surface area contributed by atoms with E-state index < -0.39 is 42.4 Å². The summed E-state index contributed by atoms with van der Waals surface area (Å²) in [5, 5.41) is 6.60. The van der Waals surface area contributed by atoms with Crippen molar-refractivity contribution in [1.82, 2.24) is 34.6 Å². The fourth-order valence-corrected chi connectivity index (χ4v) is 3.83. The predicted octanol–water partition coefficient (Wildman–Crippen LogP) is -0.722. The monoisotopic (exact) mass is 516 g/mol. The summed E-state index contributed by atoms with van der Waals surface area (Å²) in [5.74, 6) is -2.23. The van der Waals surface area contributed by atoms with Crippen molar-refractivity contribution in [3.63, 3.8) is 0 Å². The van der Waals surface area contributed by atoms with Gasteiger partial charge in [0.25, 0.3) is 11.9 Å². The van der Waals surface area contributed by atoms with Gasteiger partial charge in [0, 0.05) is 34.0 Å². The minimum absolute atomic E-state index is 0.00535. The Balaban J connectivity index is 1.77. The van der Waals surface area contributed by atoms with E-state index in [-0.39, 0.29) is 41.0 Å². The van der Waals surface area contributed by atoms with Gasteiger partial charge in [-0.1, -0.05) is 0 Å². The van der Waals surface area contributed by atoms with Gasteiger partial charge in [-0.15, -0.1) is 0 Å². The molecule has 16 nitrogen and oxygen atoms in total. The van der Waals surface area contributed by atoms with Gasteiger partial charge in [0.15, 0.2) is 29.9 Å². The number of amides is 1. The number of nitrogens with two attached hydrogens (primary N) is 1. The maximum Gasteiger partial charge on any atom is 0.303 e. The molecular weight excluding hydrogens is 492 g/mol. The first-order valence-corrected chi connectivity index (χ1v) is 11.0. The number of anilines is 1. The summed E-state index contributed by atoms with van der Waals surface area (Å²) in [6.45, 7) is 3.32. The van der Waals surface area contributed by atoms with Crippen LogP contribution in [0.4, 0.5) is 5.82 Å². The zero-order valence-electron chi connectivity index (χ0n) is 20.3. The third kappa shape index (κ3) is 5.18. The molecule has 3 N–H and O–H groups in total. The van der Waals surface area contributed by atoms with Crippen molar-refractivity contribution in [3.8, 4) is 5.95 Å². The largest absolute Gasteiger partial charge is 0.463 e. The van der Waals surface area contributed by atoms with Gasteiger partial charge < -0.3 is 30.0 Å². The summed E-state index contributed by atoms with van der Waals surface area (Å²) in [4.78, 5) is 60.0. The van der Waals surface area contributed by atoms with Crippen molar-refractivity contribution >= 4 is 40.8 Å². The van der Waals surface area contributed by atoms with Crippen LogP contribution < -0.4 is 11.1 Å². The first-order chi connectivity index (χ1) is 17.6. The number of nitrogens with one attached hydrogen (secondary N) is 1. The molecule has 1 aliphatic heterocycles. The van der Waals surface area contributed by atoms with Gasteiger partial charge in [-0.2, -0.15) is 15.1 Å². The van der Waals surface area contributed by atoms with Gasteiger partial charge in [0.05, 0.1) is 18.1 Å². The molecule has 0 unspecified atom stereocenters. The quantitative estimate of drug-likeness (QED) is 0.294. The van der Waals surface area contributed by atoms with Crippen LogP contribution in [0.3, 0.4) is 0 Å². The van der Waals surface area contributed by atoms with Crippen molar-refractivity contribution in [2.45, 2.75) is 45.3 Å². The fourth-order valence-electron chi connectivity index (χ4n) is 3.83. The minimum Gasteiger partial charge on any atom is -0.463 e. The van der Waals surface area contributed by atoms with E-state index in [1.807, 2.05) is 0 Å². The lowest BCUT2D eigenvalue weighted by atomic mass is 10.1. The number of imidazole rings is 1. The van der Waals surface area contributed by atoms with Crippen LogP contribution in [0, 0.1) is 0 Å². The molecular formula is C21H24N8O8. The molecule has 16 heteroatoms. The number of nitrogen functional groups attached to an aromatic ring is 1. The highest BCUT2D eigenvalue weighted by molar-refractivity contribution is 5.93. The van der Waals surface area contributed by atoms with Gasteiger partial charge >= 0.3 is 17.9 Å². The molecule has 4 rings (SSSR count). The normalized spacial score (nSPS) is 21.0. The third-order valence-electron chi connectivity index (χ3n) is 5.33. The number of nitrogens with zero attached hydrogens (tertiary/aromatic N) is 6. The molecule has 1 saturated heterocycles. The average molecular weight is 516 g/mol. The van der Waals surface area contributed by atoms with Gasteiger partial charge in [-0.25, -0.2) is 9.67 Å². The molecule has 0 aromatic carbocycles. The van der Waals surface area contributed by atoms with E-state index in [4.69, 9.17) is 24.7 Å². The van der Waals surface area contributed by atoms with E-state index >= 15 is 0 Å². The second-order valence-electron chi connectivity index (χ2n) is 8.00. The zero-order chi connectivity index (χ0) is 26.9. The first-order valence-electron chi connectivity index (χ1n) is 11.0. The number of carbonyl (C=O) groups excluding carboxylic acids is 4. The van der Waals surface area contributed by atoms with Crippen molar-refractivity contribution in [1.29, 1.82) is 0 Å². The number of carbonyl (C=O) groups is 4. The maximum atomic E-state index is 11.9. The fraction of sp³-hybridized carbons (Fsp3) is 0.429. The minimum atomic E-state index is -1.15. The van der Waals surface area contributed by atoms with Gasteiger partial charge in [0.2, 0.25) is 0 Å². The van der Waals surface area contributed by atoms with Gasteiger partial charge in [-0.3, -0.25) is 23.7 Å². The van der Waals surface area contributed by atoms with Crippen LogP contribution in [0.5, 0.6) is 0 Å². The summed E-state index contributed by atoms with van der Waals surface area (Å²) in [6.07, 6.45) is -0.232. The lowest BCUT2D eigenvalue weighted by molar-refractivity contribution is -0.166. The first kappa shape index (κ1) is 25.5. The van der Waals surface area contributed by atoms with Gasteiger partial charge in [-0.05, 0) is 0 Å². The number of aromatic nitrogens is 6. The Morgan fingerprint density at radius 1 is 1.08 bits per heavy atom. The average Bonchev–Trinajstić information content (AvgIpc) is 3.55. The Hall–Kier alpha value is -4.60. The van der Waals surface area contributed by atoms with Crippen LogP contribution in [0.15, 0.2) is 18.7 Å². The van der Waals surface area contributed by atoms with Crippen LogP contribution in [-0.2, 0) is 33.3 Å². The highest BCUT2D eigenvalue weighted by atomic mass is 16.7. The molecule has 4 atom stereocenters. The Kier molecular flexibility index (Phi) is 7.01. The van der Waals surface area contributed by atoms with Crippen LogP contribution in [0.1, 0.15) is 37.4 Å². The smallest absolute Gasteiger partial charge is 0.303 e. The molecule has 1 amide bonds. The van der Waals surface area contributed by atoms with Crippen LogP contribution in [0.25, 0.3) is 17.1 Å². The van der Waals surface area contributed by atoms with E-state index in [0.717, 1.165) is 0 Å². The van der Waals surface area contributed by atoms with E-state index in [1.165, 1.54) is 55.8 Å². The SMILES string of the molecule is CNC(=O)c1cnn(-c2nc(N)c3ncn([C@@H]4O[C@H](COC(C)=O)[C@@H](OC(C)=O)[C@H]4OC(C)=O)c3n2)c1. The highest BCUT2D eigenvalue weighted by Crippen LogP contribution is 2.36. The van der Waals surface area contributed by atoms with Gasteiger partial charge in [0.1, 0.15) is 18.2 Å². The molecule has 0 saturated carbocycles. The Bertz CT molecular complexity index is 1370. The van der Waals surface area contributed by atoms with E-state index in [0.29, 0.717) is 0 Å². The topological polar surface area (TPSA) is 205 Å². The van der Waals surface area contributed by atoms with E-state index in [1.54, 1.807) is 0 Å². The number of rotatable bonds is 7. The number of fused-ring (bicyclic) bond motifs is 1. The summed E-state index contributed by atoms with van der Waals surface area (Å²) in [5.41, 5.74) is 6.77. The summed E-state index contributed by atoms with van der Waals surface area (Å²) in [7, 11) is 1.48. The molecule has 3 aromatic heterocycles. The van der Waals surface area contributed by atoms with Crippen molar-refractivity contribution < 1.29 is 38.1 Å². The number of ether oxygens (including phenoxy) is 4. The number of hydrogen-bond acceptors (Lipinski definition) is 13. The van der Waals surface area contributed by atoms with Crippen LogP contribution in [-0.4, -0.2) is 85.1 Å². The van der Waals surface area contributed by atoms with Crippen LogP contribution in [0.2, 0.25) is 0 Å². The standard InChI is InChI=1S/C21H24N8O8/c1-9(30)34-7-13-15(35-10(2)31)16(36-11(3)32)20(37-13)28-8-24-14-17(22)26-21(27-18(14)28)29-6-12(5-25-29)19(33)23-4/h5-6,8,13,15-16,20H,7H2,1-4H3,(H,23,33)(H2,22,26,27)/t13-,15-,16-,20-/m1/s1. The molecule has 1 fully saturated rings. The molecule has 0 bridgehead atoms. The van der Waals surface area contributed by atoms with E-state index in [9.17, 15) is 19.2 Å². The van der Waals surface area contributed by atoms with Crippen molar-refractivity contribution in [2.75, 3.05) is 19.4 Å². The molecule has 3 aromatic rings. The number of esters is 3. The molecule has 0 radical (unpaired) electrons. The Labute approximate surface area is 209 Å². The van der Waals surface area contributed by atoms with Crippen LogP contribution >= 0.6 is 0 Å². The second kappa shape index (κ2) is 10.2. The summed E-state index contributed by atoms with van der Waals surface area (Å²) < 4.78 is 24.6. The maximum absolute atomic E-state index is 11.9. The lowest BCUT2D eigenvalue weighted by Crippen LogP contribution is -2.40. The number of hydrogen-bond donors (Lipinski definition) is 2. The summed E-state index contributed by atoms with van der Waals surface area (Å²) in [6, 6.07) is 0. The molecule has 37 heavy (non-hydrogen) atoms. The lowest BCUT2D eigenvalue weighted by Gasteiger charge is -2.23. The van der Waals surface area contributed by atoms with E-state index in [2.05, 4.69) is 25.4 Å². The molecule has 0 spiro atoms. The van der Waals surface area contributed by atoms with Crippen molar-refractivity contribution in [3.05, 3.63) is 24.3 Å². The highest BCUT2D eigenvalue weighted by Gasteiger charge is 2.51. The summed E-state index contributed by atoms with van der Waals surface area (Å²) >= 11 is 0. The second-order valence-corrected chi connectivity index (χ2v) is 8.00. The molecule has 4 heterocycles. The Morgan fingerprint density at radius 3 is 2.43 bits per heavy atom. The zero-order valence-corrected chi connectivity index (χ0v) is 20.3. The predicted molar refractivity (Wildman–Crippen MR) is 122 cm³/mol. The van der Waals surface area contributed by atoms with Crippen molar-refractivity contribution in [2.24, 2.45) is 0 Å².